The zero-order valence-electron chi connectivity index (χ0n) is 10.0. The highest BCUT2D eigenvalue weighted by molar-refractivity contribution is 7.81. The van der Waals surface area contributed by atoms with Crippen molar-refractivity contribution in [2.75, 3.05) is 13.1 Å². The molecule has 0 saturated carbocycles. The van der Waals surface area contributed by atoms with E-state index in [1.807, 2.05) is 30.3 Å². The Hall–Kier alpha value is -1.20. The fourth-order valence-electron chi connectivity index (χ4n) is 1.90. The summed E-state index contributed by atoms with van der Waals surface area (Å²) >= 11 is 4.25. The van der Waals surface area contributed by atoms with Crippen LogP contribution < -0.4 is 0 Å². The third-order valence-electron chi connectivity index (χ3n) is 3.01. The van der Waals surface area contributed by atoms with Crippen molar-refractivity contribution < 1.29 is 14.6 Å². The predicted octanol–water partition coefficient (Wildman–Crippen LogP) is 1.69. The SMILES string of the molecule is O=C(OCc1ccccc1)N1CC[C@H](O)[C@@H](S)C1. The number of rotatable bonds is 2. The van der Waals surface area contributed by atoms with Crippen molar-refractivity contribution >= 4 is 18.7 Å². The molecule has 4 nitrogen and oxygen atoms in total. The quantitative estimate of drug-likeness (QED) is 0.802. The molecule has 1 aromatic rings. The van der Waals surface area contributed by atoms with Gasteiger partial charge < -0.3 is 14.7 Å². The molecule has 2 atom stereocenters. The van der Waals surface area contributed by atoms with Crippen LogP contribution in [0.2, 0.25) is 0 Å². The highest BCUT2D eigenvalue weighted by Gasteiger charge is 2.28. The number of aliphatic hydroxyl groups is 1. The third kappa shape index (κ3) is 3.40. The van der Waals surface area contributed by atoms with E-state index in [2.05, 4.69) is 12.6 Å². The second-order valence-corrected chi connectivity index (χ2v) is 5.07. The van der Waals surface area contributed by atoms with Gasteiger partial charge in [0.25, 0.3) is 0 Å². The fourth-order valence-corrected chi connectivity index (χ4v) is 2.24. The number of benzene rings is 1. The number of nitrogens with zero attached hydrogens (tertiary/aromatic N) is 1. The number of amides is 1. The Labute approximate surface area is 112 Å². The average molecular weight is 267 g/mol. The molecule has 0 unspecified atom stereocenters. The van der Waals surface area contributed by atoms with Gasteiger partial charge in [0.1, 0.15) is 6.61 Å². The molecule has 1 saturated heterocycles. The lowest BCUT2D eigenvalue weighted by atomic mass is 10.1. The van der Waals surface area contributed by atoms with Crippen LogP contribution in [-0.2, 0) is 11.3 Å². The van der Waals surface area contributed by atoms with Gasteiger partial charge in [-0.05, 0) is 12.0 Å². The number of likely N-dealkylation sites (tertiary alicyclic amines) is 1. The lowest BCUT2D eigenvalue weighted by Crippen LogP contribution is -2.46. The molecule has 1 aromatic carbocycles. The van der Waals surface area contributed by atoms with Crippen LogP contribution in [0.3, 0.4) is 0 Å². The number of carbonyl (C=O) groups excluding carboxylic acids is 1. The van der Waals surface area contributed by atoms with Gasteiger partial charge in [-0.2, -0.15) is 12.6 Å². The molecule has 1 aliphatic heterocycles. The third-order valence-corrected chi connectivity index (χ3v) is 3.52. The van der Waals surface area contributed by atoms with Crippen LogP contribution in [-0.4, -0.2) is 40.5 Å². The summed E-state index contributed by atoms with van der Waals surface area (Å²) in [5, 5.41) is 9.34. The van der Waals surface area contributed by atoms with Gasteiger partial charge in [-0.25, -0.2) is 4.79 Å². The first kappa shape index (κ1) is 13.2. The molecule has 1 amide bonds. The van der Waals surface area contributed by atoms with Gasteiger partial charge in [0.05, 0.1) is 6.10 Å². The van der Waals surface area contributed by atoms with Gasteiger partial charge in [0.15, 0.2) is 0 Å². The zero-order valence-corrected chi connectivity index (χ0v) is 10.9. The predicted molar refractivity (Wildman–Crippen MR) is 71.6 cm³/mol. The van der Waals surface area contributed by atoms with Crippen LogP contribution in [0.4, 0.5) is 4.79 Å². The summed E-state index contributed by atoms with van der Waals surface area (Å²) in [6, 6.07) is 9.56. The number of ether oxygens (including phenoxy) is 1. The molecule has 0 spiro atoms. The summed E-state index contributed by atoms with van der Waals surface area (Å²) in [4.78, 5) is 13.4. The smallest absolute Gasteiger partial charge is 0.410 e. The molecule has 0 radical (unpaired) electrons. The molecule has 18 heavy (non-hydrogen) atoms. The fraction of sp³-hybridized carbons (Fsp3) is 0.462. The van der Waals surface area contributed by atoms with E-state index >= 15 is 0 Å². The van der Waals surface area contributed by atoms with Gasteiger partial charge >= 0.3 is 6.09 Å². The van der Waals surface area contributed by atoms with Gasteiger partial charge in [0.2, 0.25) is 0 Å². The maximum atomic E-state index is 11.8. The van der Waals surface area contributed by atoms with E-state index in [0.29, 0.717) is 19.5 Å². The van der Waals surface area contributed by atoms with Crippen molar-refractivity contribution in [2.24, 2.45) is 0 Å². The van der Waals surface area contributed by atoms with E-state index in [1.54, 1.807) is 4.90 Å². The second-order valence-electron chi connectivity index (χ2n) is 4.41. The van der Waals surface area contributed by atoms with Crippen LogP contribution in [0.1, 0.15) is 12.0 Å². The van der Waals surface area contributed by atoms with E-state index in [4.69, 9.17) is 4.74 Å². The van der Waals surface area contributed by atoms with Gasteiger partial charge in [-0.15, -0.1) is 0 Å². The topological polar surface area (TPSA) is 49.8 Å². The number of hydrogen-bond acceptors (Lipinski definition) is 4. The minimum atomic E-state index is -0.438. The van der Waals surface area contributed by atoms with E-state index in [-0.39, 0.29) is 18.0 Å². The van der Waals surface area contributed by atoms with Crippen molar-refractivity contribution in [3.8, 4) is 0 Å². The summed E-state index contributed by atoms with van der Waals surface area (Å²) in [6.45, 7) is 1.22. The first-order valence-corrected chi connectivity index (χ1v) is 6.50. The zero-order chi connectivity index (χ0) is 13.0. The molecule has 0 aliphatic carbocycles. The number of carbonyl (C=O) groups is 1. The van der Waals surface area contributed by atoms with Gasteiger partial charge in [-0.1, -0.05) is 30.3 Å². The molecule has 1 aliphatic rings. The summed E-state index contributed by atoms with van der Waals surface area (Å²) in [7, 11) is 0. The van der Waals surface area contributed by atoms with Crippen molar-refractivity contribution in [3.05, 3.63) is 35.9 Å². The number of hydrogen-bond donors (Lipinski definition) is 2. The maximum Gasteiger partial charge on any atom is 0.410 e. The molecular weight excluding hydrogens is 250 g/mol. The van der Waals surface area contributed by atoms with E-state index in [9.17, 15) is 9.90 Å². The molecule has 2 rings (SSSR count). The van der Waals surface area contributed by atoms with Crippen molar-refractivity contribution in [3.63, 3.8) is 0 Å². The lowest BCUT2D eigenvalue weighted by Gasteiger charge is -2.33. The highest BCUT2D eigenvalue weighted by Crippen LogP contribution is 2.16. The minimum absolute atomic E-state index is 0.192. The van der Waals surface area contributed by atoms with Crippen molar-refractivity contribution in [1.82, 2.24) is 4.90 Å². The van der Waals surface area contributed by atoms with E-state index in [1.165, 1.54) is 0 Å². The molecule has 1 fully saturated rings. The Balaban J connectivity index is 1.82. The number of piperidine rings is 1. The molecule has 0 bridgehead atoms. The van der Waals surface area contributed by atoms with Crippen LogP contribution >= 0.6 is 12.6 Å². The molecule has 98 valence electrons. The number of thiol groups is 1. The number of aliphatic hydroxyl groups excluding tert-OH is 1. The molecule has 5 heteroatoms. The first-order chi connectivity index (χ1) is 8.66. The van der Waals surface area contributed by atoms with Gasteiger partial charge in [-0.3, -0.25) is 0 Å². The van der Waals surface area contributed by atoms with Crippen LogP contribution in [0.15, 0.2) is 30.3 Å². The molecule has 1 heterocycles. The monoisotopic (exact) mass is 267 g/mol. The average Bonchev–Trinajstić information content (AvgIpc) is 2.40. The summed E-state index contributed by atoms with van der Waals surface area (Å²) in [6.07, 6.45) is -0.231. The van der Waals surface area contributed by atoms with Crippen LogP contribution in [0, 0.1) is 0 Å². The normalized spacial score (nSPS) is 23.8. The summed E-state index contributed by atoms with van der Waals surface area (Å²) in [5.41, 5.74) is 0.963. The summed E-state index contributed by atoms with van der Waals surface area (Å²) in [5.74, 6) is 0. The van der Waals surface area contributed by atoms with E-state index in [0.717, 1.165) is 5.56 Å². The minimum Gasteiger partial charge on any atom is -0.445 e. The largest absolute Gasteiger partial charge is 0.445 e. The Kier molecular flexibility index (Phi) is 4.49. The van der Waals surface area contributed by atoms with Crippen LogP contribution in [0.25, 0.3) is 0 Å². The summed E-state index contributed by atoms with van der Waals surface area (Å²) < 4.78 is 5.22. The Morgan fingerprint density at radius 2 is 2.17 bits per heavy atom. The standard InChI is InChI=1S/C13H17NO3S/c15-11-6-7-14(8-12(11)18)13(16)17-9-10-4-2-1-3-5-10/h1-5,11-12,15,18H,6-9H2/t11-,12-/m0/s1. The molecule has 0 aromatic heterocycles. The highest BCUT2D eigenvalue weighted by atomic mass is 32.1. The second kappa shape index (κ2) is 6.11. The van der Waals surface area contributed by atoms with Gasteiger partial charge in [0, 0.05) is 18.3 Å². The Morgan fingerprint density at radius 1 is 1.44 bits per heavy atom. The van der Waals surface area contributed by atoms with Crippen molar-refractivity contribution in [1.29, 1.82) is 0 Å². The maximum absolute atomic E-state index is 11.8. The Morgan fingerprint density at radius 3 is 2.83 bits per heavy atom. The van der Waals surface area contributed by atoms with Crippen molar-refractivity contribution in [2.45, 2.75) is 24.4 Å². The molecule has 1 N–H and O–H groups in total. The molecular formula is C13H17NO3S. The first-order valence-electron chi connectivity index (χ1n) is 5.98. The van der Waals surface area contributed by atoms with Crippen LogP contribution in [0.5, 0.6) is 0 Å². The lowest BCUT2D eigenvalue weighted by molar-refractivity contribution is 0.0599. The Bertz CT molecular complexity index is 398. The van der Waals surface area contributed by atoms with E-state index < -0.39 is 6.10 Å².